The van der Waals surface area contributed by atoms with Crippen LogP contribution >= 0.6 is 0 Å². The third-order valence-electron chi connectivity index (χ3n) is 10.6. The van der Waals surface area contributed by atoms with E-state index < -0.39 is 6.17 Å². The Kier molecular flexibility index (Phi) is 8.37. The molecule has 4 aliphatic rings. The van der Waals surface area contributed by atoms with Crippen LogP contribution in [0.5, 0.6) is 11.8 Å². The fourth-order valence-electron chi connectivity index (χ4n) is 8.33. The topological polar surface area (TPSA) is 91.3 Å². The first-order chi connectivity index (χ1) is 22.3. The van der Waals surface area contributed by atoms with Crippen molar-refractivity contribution < 1.29 is 28.2 Å². The van der Waals surface area contributed by atoms with Gasteiger partial charge in [-0.25, -0.2) is 8.78 Å². The number of aryl methyl sites for hydroxylation is 1. The maximum atomic E-state index is 15.0. The second kappa shape index (κ2) is 12.5. The van der Waals surface area contributed by atoms with Gasteiger partial charge in [0.05, 0.1) is 30.8 Å². The molecule has 46 heavy (non-hydrogen) atoms. The van der Waals surface area contributed by atoms with Crippen molar-refractivity contribution in [2.45, 2.75) is 76.5 Å². The van der Waals surface area contributed by atoms with Gasteiger partial charge in [-0.05, 0) is 68.2 Å². The van der Waals surface area contributed by atoms with Gasteiger partial charge < -0.3 is 24.4 Å². The number of nitrogens with zero attached hydrogens (tertiary/aromatic N) is 5. The zero-order valence-electron chi connectivity index (χ0n) is 26.7. The van der Waals surface area contributed by atoms with E-state index >= 15 is 4.39 Å². The summed E-state index contributed by atoms with van der Waals surface area (Å²) in [5, 5.41) is 12.3. The van der Waals surface area contributed by atoms with Crippen LogP contribution < -0.4 is 14.5 Å². The van der Waals surface area contributed by atoms with E-state index in [0.717, 1.165) is 78.7 Å². The highest BCUT2D eigenvalue weighted by Crippen LogP contribution is 2.42. The highest BCUT2D eigenvalue weighted by molar-refractivity contribution is 5.98. The summed E-state index contributed by atoms with van der Waals surface area (Å²) in [6.07, 6.45) is 5.23. The lowest BCUT2D eigenvalue weighted by Gasteiger charge is -2.35. The first kappa shape index (κ1) is 30.9. The number of hydrogen-bond donors (Lipinski definition) is 1. The van der Waals surface area contributed by atoms with Gasteiger partial charge in [0.1, 0.15) is 30.2 Å². The van der Waals surface area contributed by atoms with Crippen LogP contribution in [-0.4, -0.2) is 84.1 Å². The summed E-state index contributed by atoms with van der Waals surface area (Å²) in [4.78, 5) is 29.1. The number of alkyl halides is 1. The summed E-state index contributed by atoms with van der Waals surface area (Å²) < 4.78 is 41.1. The van der Waals surface area contributed by atoms with Crippen molar-refractivity contribution in [1.29, 1.82) is 0 Å². The molecule has 0 aliphatic carbocycles. The average molecular weight is 636 g/mol. The highest BCUT2D eigenvalue weighted by atomic mass is 19.1. The number of halogens is 2. The minimum absolute atomic E-state index is 0.121. The Morgan fingerprint density at radius 3 is 2.80 bits per heavy atom. The quantitative estimate of drug-likeness (QED) is 0.346. The zero-order chi connectivity index (χ0) is 32.0. The van der Waals surface area contributed by atoms with Gasteiger partial charge in [-0.2, -0.15) is 9.97 Å². The number of ether oxygens (including phenoxy) is 2. The molecule has 5 heterocycles. The molecule has 11 heteroatoms. The number of hydrogen-bond acceptors (Lipinski definition) is 9. The van der Waals surface area contributed by atoms with Crippen LogP contribution in [0.4, 0.5) is 20.3 Å². The fraction of sp³-hybridized carbons (Fsp3) is 0.571. The van der Waals surface area contributed by atoms with E-state index in [1.165, 1.54) is 13.2 Å². The lowest BCUT2D eigenvalue weighted by atomic mass is 9.95. The number of aromatic hydroxyl groups is 1. The van der Waals surface area contributed by atoms with Crippen molar-refractivity contribution in [3.05, 3.63) is 46.9 Å². The molecular weight excluding hydrogens is 592 g/mol. The number of rotatable bonds is 7. The fourth-order valence-corrected chi connectivity index (χ4v) is 8.33. The number of esters is 1. The summed E-state index contributed by atoms with van der Waals surface area (Å²) in [5.74, 6) is 0.163. The van der Waals surface area contributed by atoms with E-state index in [1.807, 2.05) is 6.92 Å². The Morgan fingerprint density at radius 1 is 1.11 bits per heavy atom. The van der Waals surface area contributed by atoms with Gasteiger partial charge in [0.2, 0.25) is 0 Å². The number of phenolic OH excluding ortho intramolecular Hbond substituents is 1. The van der Waals surface area contributed by atoms with Crippen LogP contribution in [0, 0.1) is 11.7 Å². The van der Waals surface area contributed by atoms with Crippen LogP contribution in [0.25, 0.3) is 10.8 Å². The summed E-state index contributed by atoms with van der Waals surface area (Å²) in [7, 11) is 1.43. The maximum absolute atomic E-state index is 15.0. The summed E-state index contributed by atoms with van der Waals surface area (Å²) >= 11 is 0. The molecule has 0 radical (unpaired) electrons. The van der Waals surface area contributed by atoms with Crippen LogP contribution in [0.15, 0.2) is 24.3 Å². The molecule has 0 spiro atoms. The Hall–Kier alpha value is -3.73. The number of carbonyl (C=O) groups excluding carboxylic acids is 1. The predicted molar refractivity (Wildman–Crippen MR) is 172 cm³/mol. The van der Waals surface area contributed by atoms with Gasteiger partial charge in [0, 0.05) is 55.3 Å². The smallest absolute Gasteiger partial charge is 0.318 e. The molecule has 0 bridgehead atoms. The molecule has 3 fully saturated rings. The first-order valence-electron chi connectivity index (χ1n) is 16.7. The third-order valence-corrected chi connectivity index (χ3v) is 10.6. The molecule has 246 valence electrons. The van der Waals surface area contributed by atoms with Crippen molar-refractivity contribution in [3.63, 3.8) is 0 Å². The Bertz CT molecular complexity index is 1640. The number of aromatic nitrogens is 2. The molecule has 4 aliphatic heterocycles. The van der Waals surface area contributed by atoms with Crippen LogP contribution in [0.2, 0.25) is 0 Å². The third kappa shape index (κ3) is 5.60. The van der Waals surface area contributed by atoms with E-state index in [-0.39, 0.29) is 35.0 Å². The number of methoxy groups -OCH3 is 1. The second-order valence-corrected chi connectivity index (χ2v) is 13.4. The SMILES string of the molecule is CCc1c(F)ccc2cc(O)cc(N3CCc4c(nc(OC[C@@]56CCCN5C[C@H](F)C6)nc4N4CCCCC(C(=O)OC)C4)C3)c12. The molecule has 3 saturated heterocycles. The van der Waals surface area contributed by atoms with Gasteiger partial charge in [-0.1, -0.05) is 19.4 Å². The number of benzene rings is 2. The Morgan fingerprint density at radius 2 is 1.98 bits per heavy atom. The van der Waals surface area contributed by atoms with Gasteiger partial charge in [-0.15, -0.1) is 0 Å². The van der Waals surface area contributed by atoms with Crippen molar-refractivity contribution in [2.75, 3.05) is 56.2 Å². The number of fused-ring (bicyclic) bond motifs is 3. The molecule has 3 atom stereocenters. The summed E-state index contributed by atoms with van der Waals surface area (Å²) in [6, 6.07) is 6.81. The largest absolute Gasteiger partial charge is 0.508 e. The first-order valence-corrected chi connectivity index (χ1v) is 16.7. The standard InChI is InChI=1S/C35H43F2N5O4/c1-3-26-28(37)9-8-22-15-25(43)16-30(31(22)26)40-14-10-27-29(20-40)38-34(46-21-35-11-6-13-42(35)19-24(36)17-35)39-32(27)41-12-5-4-7-23(18-41)33(44)45-2/h8-9,15-16,23-24,43H,3-7,10-14,17-21H2,1-2H3/t23?,24-,35+/m1/s1. The van der Waals surface area contributed by atoms with E-state index in [9.17, 15) is 14.3 Å². The monoisotopic (exact) mass is 635 g/mol. The maximum Gasteiger partial charge on any atom is 0.318 e. The molecule has 2 aromatic carbocycles. The normalized spacial score (nSPS) is 25.0. The summed E-state index contributed by atoms with van der Waals surface area (Å²) in [5.41, 5.74) is 2.84. The second-order valence-electron chi connectivity index (χ2n) is 13.4. The van der Waals surface area contributed by atoms with E-state index in [1.54, 1.807) is 18.2 Å². The Balaban J connectivity index is 1.27. The minimum atomic E-state index is -0.861. The molecule has 0 amide bonds. The lowest BCUT2D eigenvalue weighted by molar-refractivity contribution is -0.145. The number of phenols is 1. The predicted octanol–water partition coefficient (Wildman–Crippen LogP) is 5.33. The van der Waals surface area contributed by atoms with E-state index in [2.05, 4.69) is 14.7 Å². The molecule has 9 nitrogen and oxygen atoms in total. The zero-order valence-corrected chi connectivity index (χ0v) is 26.7. The van der Waals surface area contributed by atoms with Gasteiger partial charge in [-0.3, -0.25) is 9.69 Å². The molecule has 1 aromatic heterocycles. The highest BCUT2D eigenvalue weighted by Gasteiger charge is 2.49. The van der Waals surface area contributed by atoms with Crippen LogP contribution in [-0.2, 0) is 28.9 Å². The molecule has 1 unspecified atom stereocenters. The van der Waals surface area contributed by atoms with Gasteiger partial charge >= 0.3 is 12.0 Å². The minimum Gasteiger partial charge on any atom is -0.508 e. The van der Waals surface area contributed by atoms with Crippen molar-refractivity contribution >= 4 is 28.2 Å². The van der Waals surface area contributed by atoms with Gasteiger partial charge in [0.25, 0.3) is 0 Å². The summed E-state index contributed by atoms with van der Waals surface area (Å²) in [6.45, 7) is 5.84. The van der Waals surface area contributed by atoms with Crippen LogP contribution in [0.3, 0.4) is 0 Å². The lowest BCUT2D eigenvalue weighted by Crippen LogP contribution is -2.43. The Labute approximate surface area is 268 Å². The molecule has 1 N–H and O–H groups in total. The molecular formula is C35H43F2N5O4. The van der Waals surface area contributed by atoms with Gasteiger partial charge in [0.15, 0.2) is 0 Å². The van der Waals surface area contributed by atoms with E-state index in [4.69, 9.17) is 19.4 Å². The van der Waals surface area contributed by atoms with E-state index in [0.29, 0.717) is 57.6 Å². The molecule has 3 aromatic rings. The van der Waals surface area contributed by atoms with Crippen molar-refractivity contribution in [2.24, 2.45) is 5.92 Å². The number of carbonyl (C=O) groups is 1. The molecule has 7 rings (SSSR count). The van der Waals surface area contributed by atoms with Crippen molar-refractivity contribution in [1.82, 2.24) is 14.9 Å². The average Bonchev–Trinajstić information content (AvgIpc) is 3.46. The molecule has 0 saturated carbocycles. The van der Waals surface area contributed by atoms with Crippen LogP contribution in [0.1, 0.15) is 62.3 Å². The number of anilines is 2. The van der Waals surface area contributed by atoms with Crippen molar-refractivity contribution in [3.8, 4) is 11.8 Å².